The van der Waals surface area contributed by atoms with Gasteiger partial charge in [-0.2, -0.15) is 0 Å². The van der Waals surface area contributed by atoms with E-state index in [0.29, 0.717) is 28.5 Å². The van der Waals surface area contributed by atoms with Gasteiger partial charge in [-0.05, 0) is 44.4 Å². The zero-order chi connectivity index (χ0) is 22.5. The van der Waals surface area contributed by atoms with Crippen molar-refractivity contribution in [2.45, 2.75) is 77.9 Å². The summed E-state index contributed by atoms with van der Waals surface area (Å²) in [4.78, 5) is 24.4. The number of nitrogens with one attached hydrogen (secondary N) is 1. The number of benzene rings is 1. The number of carbonyl (C=O) groups excluding carboxylic acids is 2. The Bertz CT molecular complexity index is 705. The lowest BCUT2D eigenvalue weighted by Gasteiger charge is -2.19. The molecule has 7 heteroatoms. The number of ether oxygens (including phenoxy) is 3. The second kappa shape index (κ2) is 13.9. The lowest BCUT2D eigenvalue weighted by molar-refractivity contribution is -0.148. The number of unbranched alkanes of at least 4 members (excludes halogenated alkanes) is 5. The first kappa shape index (κ1) is 25.8. The van der Waals surface area contributed by atoms with Gasteiger partial charge in [0.2, 0.25) is 6.10 Å². The van der Waals surface area contributed by atoms with Gasteiger partial charge in [0.1, 0.15) is 5.75 Å². The van der Waals surface area contributed by atoms with Crippen LogP contribution in [-0.4, -0.2) is 31.4 Å². The molecule has 1 aromatic carbocycles. The first-order valence-electron chi connectivity index (χ1n) is 10.5. The minimum Gasteiger partial charge on any atom is -0.491 e. The van der Waals surface area contributed by atoms with E-state index >= 15 is 0 Å². The van der Waals surface area contributed by atoms with Gasteiger partial charge in [-0.25, -0.2) is 9.59 Å². The highest BCUT2D eigenvalue weighted by atomic mass is 35.5. The molecule has 0 saturated heterocycles. The van der Waals surface area contributed by atoms with E-state index in [-0.39, 0.29) is 6.10 Å². The summed E-state index contributed by atoms with van der Waals surface area (Å²) in [5.74, 6) is -0.0680. The second-order valence-electron chi connectivity index (χ2n) is 7.42. The molecule has 0 saturated carbocycles. The van der Waals surface area contributed by atoms with Crippen LogP contribution in [0.1, 0.15) is 65.7 Å². The van der Waals surface area contributed by atoms with E-state index in [4.69, 9.17) is 25.8 Å². The Morgan fingerprint density at radius 3 is 2.40 bits per heavy atom. The predicted molar refractivity (Wildman–Crippen MR) is 120 cm³/mol. The molecule has 30 heavy (non-hydrogen) atoms. The number of amides is 1. The molecule has 0 radical (unpaired) electrons. The van der Waals surface area contributed by atoms with E-state index in [9.17, 15) is 9.59 Å². The van der Waals surface area contributed by atoms with Crippen LogP contribution in [-0.2, 0) is 14.3 Å². The molecule has 0 spiro atoms. The molecule has 0 aliphatic rings. The summed E-state index contributed by atoms with van der Waals surface area (Å²) in [5.41, 5.74) is 0.863. The fourth-order valence-electron chi connectivity index (χ4n) is 2.86. The standard InChI is InChI=1S/C23H34ClNO5/c1-6-7-8-9-10-11-12-17(4)21(22(26)28-5)30-23(27)25-20-14-13-18(15-19(20)24)29-16(2)3/h13-16,21H,4,6-12H2,1-3,5H3,(H,25,27). The van der Waals surface area contributed by atoms with Crippen molar-refractivity contribution in [1.82, 2.24) is 0 Å². The summed E-state index contributed by atoms with van der Waals surface area (Å²) in [6, 6.07) is 4.91. The van der Waals surface area contributed by atoms with Crippen molar-refractivity contribution in [1.29, 1.82) is 0 Å². The van der Waals surface area contributed by atoms with Gasteiger partial charge >= 0.3 is 12.1 Å². The highest BCUT2D eigenvalue weighted by Crippen LogP contribution is 2.28. The van der Waals surface area contributed by atoms with E-state index in [1.807, 2.05) is 13.8 Å². The van der Waals surface area contributed by atoms with Gasteiger partial charge in [0.05, 0.1) is 23.9 Å². The molecule has 1 aromatic rings. The summed E-state index contributed by atoms with van der Waals surface area (Å²) in [7, 11) is 1.25. The van der Waals surface area contributed by atoms with Crippen LogP contribution in [0.25, 0.3) is 0 Å². The normalized spacial score (nSPS) is 11.7. The third-order valence-corrected chi connectivity index (χ3v) is 4.72. The molecule has 0 bridgehead atoms. The molecule has 1 unspecified atom stereocenters. The number of halogens is 1. The molecule has 1 amide bonds. The SMILES string of the molecule is C=C(CCCCCCCC)C(OC(=O)Nc1ccc(OC(C)C)cc1Cl)C(=O)OC. The van der Waals surface area contributed by atoms with E-state index < -0.39 is 18.2 Å². The summed E-state index contributed by atoms with van der Waals surface area (Å²) in [6.07, 6.45) is 5.29. The second-order valence-corrected chi connectivity index (χ2v) is 7.82. The minimum absolute atomic E-state index is 0.00307. The third-order valence-electron chi connectivity index (χ3n) is 4.41. The van der Waals surface area contributed by atoms with E-state index in [0.717, 1.165) is 19.3 Å². The number of esters is 1. The minimum atomic E-state index is -1.16. The summed E-state index contributed by atoms with van der Waals surface area (Å²) >= 11 is 6.21. The number of hydrogen-bond donors (Lipinski definition) is 1. The largest absolute Gasteiger partial charge is 0.491 e. The number of carbonyl (C=O) groups is 2. The maximum atomic E-state index is 12.3. The summed E-state index contributed by atoms with van der Waals surface area (Å²) < 4.78 is 15.6. The molecule has 0 fully saturated rings. The summed E-state index contributed by atoms with van der Waals surface area (Å²) in [5, 5.41) is 2.84. The topological polar surface area (TPSA) is 73.9 Å². The Morgan fingerprint density at radius 1 is 1.13 bits per heavy atom. The van der Waals surface area contributed by atoms with Gasteiger partial charge in [-0.1, -0.05) is 57.2 Å². The number of methoxy groups -OCH3 is 1. The average molecular weight is 440 g/mol. The number of rotatable bonds is 13. The Kier molecular flexibility index (Phi) is 12.0. The van der Waals surface area contributed by atoms with Crippen molar-refractivity contribution >= 4 is 29.4 Å². The summed E-state index contributed by atoms with van der Waals surface area (Å²) in [6.45, 7) is 9.91. The van der Waals surface area contributed by atoms with Crippen LogP contribution in [0.4, 0.5) is 10.5 Å². The zero-order valence-corrected chi connectivity index (χ0v) is 19.2. The van der Waals surface area contributed by atoms with Crippen LogP contribution in [0.5, 0.6) is 5.75 Å². The van der Waals surface area contributed by atoms with Gasteiger partial charge in [-0.3, -0.25) is 5.32 Å². The fraction of sp³-hybridized carbons (Fsp3) is 0.565. The molecule has 0 heterocycles. The van der Waals surface area contributed by atoms with Crippen molar-refractivity contribution < 1.29 is 23.8 Å². The molecule has 6 nitrogen and oxygen atoms in total. The fourth-order valence-corrected chi connectivity index (χ4v) is 3.08. The van der Waals surface area contributed by atoms with Crippen LogP contribution in [0, 0.1) is 0 Å². The van der Waals surface area contributed by atoms with Crippen LogP contribution >= 0.6 is 11.6 Å². The van der Waals surface area contributed by atoms with Gasteiger partial charge in [0.25, 0.3) is 0 Å². The van der Waals surface area contributed by atoms with Gasteiger partial charge in [0.15, 0.2) is 0 Å². The average Bonchev–Trinajstić information content (AvgIpc) is 2.69. The van der Waals surface area contributed by atoms with Crippen molar-refractivity contribution in [2.24, 2.45) is 0 Å². The Balaban J connectivity index is 2.64. The number of anilines is 1. The quantitative estimate of drug-likeness (QED) is 0.215. The monoisotopic (exact) mass is 439 g/mol. The Morgan fingerprint density at radius 2 is 1.80 bits per heavy atom. The zero-order valence-electron chi connectivity index (χ0n) is 18.5. The maximum Gasteiger partial charge on any atom is 0.412 e. The van der Waals surface area contributed by atoms with Crippen LogP contribution < -0.4 is 10.1 Å². The lowest BCUT2D eigenvalue weighted by atomic mass is 10.0. The molecular formula is C23H34ClNO5. The highest BCUT2D eigenvalue weighted by Gasteiger charge is 2.27. The molecule has 0 aliphatic carbocycles. The van der Waals surface area contributed by atoms with Crippen molar-refractivity contribution in [3.63, 3.8) is 0 Å². The molecule has 0 aromatic heterocycles. The Hall–Kier alpha value is -2.21. The molecular weight excluding hydrogens is 406 g/mol. The molecule has 1 atom stereocenters. The maximum absolute atomic E-state index is 12.3. The number of hydrogen-bond acceptors (Lipinski definition) is 5. The molecule has 168 valence electrons. The molecule has 1 N–H and O–H groups in total. The van der Waals surface area contributed by atoms with Crippen molar-refractivity contribution in [2.75, 3.05) is 12.4 Å². The van der Waals surface area contributed by atoms with Crippen molar-refractivity contribution in [3.05, 3.63) is 35.4 Å². The first-order valence-corrected chi connectivity index (χ1v) is 10.9. The van der Waals surface area contributed by atoms with E-state index in [2.05, 4.69) is 18.8 Å². The van der Waals surface area contributed by atoms with Crippen LogP contribution in [0.2, 0.25) is 5.02 Å². The van der Waals surface area contributed by atoms with Crippen LogP contribution in [0.15, 0.2) is 30.4 Å². The highest BCUT2D eigenvalue weighted by molar-refractivity contribution is 6.33. The molecule has 0 aliphatic heterocycles. The van der Waals surface area contributed by atoms with Gasteiger partial charge in [0, 0.05) is 6.07 Å². The van der Waals surface area contributed by atoms with Gasteiger partial charge in [-0.15, -0.1) is 0 Å². The van der Waals surface area contributed by atoms with Gasteiger partial charge < -0.3 is 14.2 Å². The van der Waals surface area contributed by atoms with E-state index in [1.165, 1.54) is 26.4 Å². The first-order chi connectivity index (χ1) is 14.3. The molecule has 1 rings (SSSR count). The Labute approximate surface area is 184 Å². The predicted octanol–water partition coefficient (Wildman–Crippen LogP) is 6.52. The lowest BCUT2D eigenvalue weighted by Crippen LogP contribution is -2.32. The van der Waals surface area contributed by atoms with Crippen molar-refractivity contribution in [3.8, 4) is 5.75 Å². The third kappa shape index (κ3) is 9.53. The van der Waals surface area contributed by atoms with Crippen LogP contribution in [0.3, 0.4) is 0 Å². The van der Waals surface area contributed by atoms with E-state index in [1.54, 1.807) is 18.2 Å². The smallest absolute Gasteiger partial charge is 0.412 e.